The summed E-state index contributed by atoms with van der Waals surface area (Å²) in [4.78, 5) is 0. The van der Waals surface area contributed by atoms with E-state index in [-0.39, 0.29) is 0 Å². The van der Waals surface area contributed by atoms with Crippen LogP contribution in [-0.4, -0.2) is 0 Å². The molecule has 31 heavy (non-hydrogen) atoms. The van der Waals surface area contributed by atoms with E-state index in [9.17, 15) is 4.39 Å². The predicted molar refractivity (Wildman–Crippen MR) is 136 cm³/mol. The summed E-state index contributed by atoms with van der Waals surface area (Å²) in [5, 5.41) is 0. The van der Waals surface area contributed by atoms with Crippen LogP contribution in [0.2, 0.25) is 0 Å². The minimum Gasteiger partial charge on any atom is -0.239 e. The molecular formula is C30H41F. The molecule has 0 fully saturated rings. The fraction of sp³-hybridized carbons (Fsp3) is 0.400. The summed E-state index contributed by atoms with van der Waals surface area (Å²) in [6.07, 6.45) is 5.55. The number of hydrogen-bond donors (Lipinski definition) is 0. The summed E-state index contributed by atoms with van der Waals surface area (Å²) in [6.45, 7) is 11.5. The zero-order valence-electron chi connectivity index (χ0n) is 20.4. The van der Waals surface area contributed by atoms with E-state index in [2.05, 4.69) is 74.5 Å². The summed E-state index contributed by atoms with van der Waals surface area (Å²) in [7, 11) is 0. The zero-order valence-corrected chi connectivity index (χ0v) is 20.4. The van der Waals surface area contributed by atoms with E-state index in [0.29, 0.717) is 0 Å². The Balaban J connectivity index is 0.000000293. The molecule has 0 bridgehead atoms. The van der Waals surface area contributed by atoms with Crippen molar-refractivity contribution < 1.29 is 4.39 Å². The molecular weight excluding hydrogens is 379 g/mol. The number of alkyl halides is 1. The molecule has 0 aliphatic carbocycles. The van der Waals surface area contributed by atoms with Crippen LogP contribution in [0, 0.1) is 0 Å². The summed E-state index contributed by atoms with van der Waals surface area (Å²) in [5.74, 6) is 0. The van der Waals surface area contributed by atoms with Crippen molar-refractivity contribution in [2.45, 2.75) is 79.3 Å². The van der Waals surface area contributed by atoms with Crippen LogP contribution >= 0.6 is 0 Å². The first-order valence-electron chi connectivity index (χ1n) is 11.8. The lowest BCUT2D eigenvalue weighted by Crippen LogP contribution is -2.09. The second-order valence-corrected chi connectivity index (χ2v) is 8.03. The van der Waals surface area contributed by atoms with Crippen LogP contribution in [0.1, 0.15) is 75.8 Å². The molecule has 0 aliphatic rings. The van der Waals surface area contributed by atoms with Crippen LogP contribution in [0.5, 0.6) is 0 Å². The smallest absolute Gasteiger partial charge is 0.130 e. The highest BCUT2D eigenvalue weighted by Gasteiger charge is 2.18. The van der Waals surface area contributed by atoms with Gasteiger partial charge in [0, 0.05) is 0 Å². The van der Waals surface area contributed by atoms with Crippen LogP contribution in [0.4, 0.5) is 4.39 Å². The maximum atomic E-state index is 13.5. The number of halogens is 1. The maximum Gasteiger partial charge on any atom is 0.130 e. The van der Waals surface area contributed by atoms with Gasteiger partial charge in [0.2, 0.25) is 0 Å². The fourth-order valence-electron chi connectivity index (χ4n) is 3.46. The first-order chi connectivity index (χ1) is 14.9. The van der Waals surface area contributed by atoms with E-state index >= 15 is 0 Å². The van der Waals surface area contributed by atoms with Crippen molar-refractivity contribution in [2.24, 2.45) is 0 Å². The first kappa shape index (κ1) is 26.6. The molecule has 0 aliphatic heterocycles. The molecule has 0 unspecified atom stereocenters. The van der Waals surface area contributed by atoms with Gasteiger partial charge in [0.15, 0.2) is 0 Å². The third-order valence-electron chi connectivity index (χ3n) is 5.18. The standard InChI is InChI=1S/C16H18.C12H17F.C2H6/c1-2-15-10-6-7-11-16(15)13-12-14-8-4-3-5-9-14;1-4-6-10-7-5-8-11(9-10)12(2,3)13;1-2/h3-11H,2,12-13H2,1H3;5,7-9H,4,6H2,1-3H3;1-2H3. The molecule has 0 atom stereocenters. The van der Waals surface area contributed by atoms with Crippen LogP contribution < -0.4 is 0 Å². The summed E-state index contributed by atoms with van der Waals surface area (Å²) >= 11 is 0. The van der Waals surface area contributed by atoms with Crippen molar-refractivity contribution in [1.82, 2.24) is 0 Å². The Hall–Kier alpha value is -2.41. The predicted octanol–water partition coefficient (Wildman–Crippen LogP) is 8.90. The molecule has 0 saturated carbocycles. The molecule has 1 heteroatoms. The maximum absolute atomic E-state index is 13.5. The topological polar surface area (TPSA) is 0 Å². The highest BCUT2D eigenvalue weighted by molar-refractivity contribution is 5.29. The normalized spacial score (nSPS) is 10.4. The molecule has 0 amide bonds. The number of aryl methyl sites for hydroxylation is 4. The van der Waals surface area contributed by atoms with E-state index in [1.807, 2.05) is 32.0 Å². The Labute approximate surface area is 190 Å². The van der Waals surface area contributed by atoms with Crippen molar-refractivity contribution >= 4 is 0 Å². The van der Waals surface area contributed by atoms with Gasteiger partial charge in [-0.05, 0) is 67.3 Å². The van der Waals surface area contributed by atoms with Gasteiger partial charge in [0.05, 0.1) is 0 Å². The molecule has 0 radical (unpaired) electrons. The Kier molecular flexibility index (Phi) is 12.5. The van der Waals surface area contributed by atoms with Crippen LogP contribution in [-0.2, 0) is 31.4 Å². The highest BCUT2D eigenvalue weighted by Crippen LogP contribution is 2.25. The van der Waals surface area contributed by atoms with E-state index in [0.717, 1.165) is 37.7 Å². The Morgan fingerprint density at radius 3 is 1.81 bits per heavy atom. The molecule has 0 N–H and O–H groups in total. The van der Waals surface area contributed by atoms with Gasteiger partial charge in [0.25, 0.3) is 0 Å². The van der Waals surface area contributed by atoms with Crippen LogP contribution in [0.15, 0.2) is 78.9 Å². The van der Waals surface area contributed by atoms with E-state index in [1.165, 1.54) is 22.3 Å². The second kappa shape index (κ2) is 14.6. The Morgan fingerprint density at radius 2 is 1.23 bits per heavy atom. The average Bonchev–Trinajstić information content (AvgIpc) is 2.80. The van der Waals surface area contributed by atoms with Crippen molar-refractivity contribution in [1.29, 1.82) is 0 Å². The van der Waals surface area contributed by atoms with Crippen LogP contribution in [0.3, 0.4) is 0 Å². The van der Waals surface area contributed by atoms with Gasteiger partial charge < -0.3 is 0 Å². The molecule has 0 aromatic heterocycles. The SMILES string of the molecule is CC.CCCc1cccc(C(C)(C)F)c1.CCc1ccccc1CCc1ccccc1. The molecule has 0 saturated heterocycles. The van der Waals surface area contributed by atoms with Crippen LogP contribution in [0.25, 0.3) is 0 Å². The summed E-state index contributed by atoms with van der Waals surface area (Å²) in [5.41, 5.74) is 5.19. The fourth-order valence-corrected chi connectivity index (χ4v) is 3.46. The van der Waals surface area contributed by atoms with Gasteiger partial charge >= 0.3 is 0 Å². The minimum atomic E-state index is -1.22. The molecule has 0 spiro atoms. The second-order valence-electron chi connectivity index (χ2n) is 8.03. The van der Waals surface area contributed by atoms with Gasteiger partial charge in [-0.1, -0.05) is 113 Å². The Morgan fingerprint density at radius 1 is 0.645 bits per heavy atom. The third kappa shape index (κ3) is 9.96. The quantitative estimate of drug-likeness (QED) is 0.358. The Bertz CT molecular complexity index is 844. The van der Waals surface area contributed by atoms with Crippen molar-refractivity contribution in [2.75, 3.05) is 0 Å². The molecule has 3 aromatic carbocycles. The molecule has 168 valence electrons. The lowest BCUT2D eigenvalue weighted by molar-refractivity contribution is 0.221. The van der Waals surface area contributed by atoms with Gasteiger partial charge in [-0.3, -0.25) is 0 Å². The lowest BCUT2D eigenvalue weighted by atomic mass is 9.97. The van der Waals surface area contributed by atoms with Crippen molar-refractivity contribution in [3.63, 3.8) is 0 Å². The first-order valence-corrected chi connectivity index (χ1v) is 11.8. The van der Waals surface area contributed by atoms with Gasteiger partial charge in [0.1, 0.15) is 5.67 Å². The van der Waals surface area contributed by atoms with Gasteiger partial charge in [-0.25, -0.2) is 4.39 Å². The van der Waals surface area contributed by atoms with Crippen molar-refractivity contribution in [3.05, 3.63) is 107 Å². The number of hydrogen-bond acceptors (Lipinski definition) is 0. The van der Waals surface area contributed by atoms with Gasteiger partial charge in [-0.15, -0.1) is 0 Å². The minimum absolute atomic E-state index is 0.776. The average molecular weight is 421 g/mol. The highest BCUT2D eigenvalue weighted by atomic mass is 19.1. The molecule has 3 aromatic rings. The summed E-state index contributed by atoms with van der Waals surface area (Å²) in [6, 6.07) is 27.3. The van der Waals surface area contributed by atoms with Crippen molar-refractivity contribution in [3.8, 4) is 0 Å². The lowest BCUT2D eigenvalue weighted by Gasteiger charge is -2.15. The monoisotopic (exact) mass is 420 g/mol. The molecule has 0 nitrogen and oxygen atoms in total. The molecule has 0 heterocycles. The number of rotatable bonds is 7. The number of benzene rings is 3. The largest absolute Gasteiger partial charge is 0.239 e. The summed E-state index contributed by atoms with van der Waals surface area (Å²) < 4.78 is 13.5. The van der Waals surface area contributed by atoms with E-state index in [1.54, 1.807) is 13.8 Å². The zero-order chi connectivity index (χ0) is 23.1. The molecule has 3 rings (SSSR count). The van der Waals surface area contributed by atoms with Gasteiger partial charge in [-0.2, -0.15) is 0 Å². The third-order valence-corrected chi connectivity index (χ3v) is 5.18. The van der Waals surface area contributed by atoms with E-state index in [4.69, 9.17) is 0 Å². The van der Waals surface area contributed by atoms with E-state index < -0.39 is 5.67 Å².